The molecule has 5 nitrogen and oxygen atoms in total. The summed E-state index contributed by atoms with van der Waals surface area (Å²) < 4.78 is 0. The highest BCUT2D eigenvalue weighted by Gasteiger charge is 2.47. The molecule has 0 saturated carbocycles. The fraction of sp³-hybridized carbons (Fsp3) is 0.391. The quantitative estimate of drug-likeness (QED) is 0.716. The molecular formula is C23H26ClN3O2S. The molecule has 0 unspecified atom stereocenters. The Morgan fingerprint density at radius 2 is 1.87 bits per heavy atom. The van der Waals surface area contributed by atoms with Gasteiger partial charge in [0.2, 0.25) is 0 Å². The summed E-state index contributed by atoms with van der Waals surface area (Å²) in [4.78, 5) is 29.5. The van der Waals surface area contributed by atoms with Crippen molar-refractivity contribution in [3.63, 3.8) is 0 Å². The van der Waals surface area contributed by atoms with Crippen LogP contribution >= 0.6 is 23.4 Å². The van der Waals surface area contributed by atoms with Crippen molar-refractivity contribution in [2.45, 2.75) is 31.1 Å². The van der Waals surface area contributed by atoms with Gasteiger partial charge in [-0.3, -0.25) is 4.79 Å². The molecule has 2 aromatic carbocycles. The lowest BCUT2D eigenvalue weighted by Crippen LogP contribution is -2.54. The molecule has 3 amide bonds. The number of thioether (sulfide) groups is 1. The summed E-state index contributed by atoms with van der Waals surface area (Å²) in [6.07, 6.45) is 2.45. The third kappa shape index (κ3) is 4.16. The van der Waals surface area contributed by atoms with Crippen LogP contribution in [0.2, 0.25) is 5.02 Å². The first-order valence-corrected chi connectivity index (χ1v) is 11.7. The minimum absolute atomic E-state index is 0.0140. The molecule has 4 rings (SSSR count). The van der Waals surface area contributed by atoms with Crippen LogP contribution in [0, 0.1) is 0 Å². The number of benzene rings is 2. The Morgan fingerprint density at radius 3 is 2.60 bits per heavy atom. The maximum Gasteiger partial charge on any atom is 0.321 e. The van der Waals surface area contributed by atoms with Crippen LogP contribution in [0.4, 0.5) is 10.5 Å². The molecule has 158 valence electrons. The SMILES string of the molecule is CCc1cccc(NC(=O)N2CCC3(CC2)SCCN3C(=O)c2ccccc2Cl)c1. The summed E-state index contributed by atoms with van der Waals surface area (Å²) >= 11 is 8.10. The van der Waals surface area contributed by atoms with Gasteiger partial charge in [0, 0.05) is 31.1 Å². The lowest BCUT2D eigenvalue weighted by atomic mass is 10.0. The highest BCUT2D eigenvalue weighted by atomic mass is 35.5. The zero-order valence-corrected chi connectivity index (χ0v) is 18.6. The number of nitrogens with one attached hydrogen (secondary N) is 1. The number of hydrogen-bond donors (Lipinski definition) is 1. The summed E-state index contributed by atoms with van der Waals surface area (Å²) in [5, 5.41) is 3.50. The van der Waals surface area contributed by atoms with Gasteiger partial charge in [-0.25, -0.2) is 4.79 Å². The number of amides is 3. The van der Waals surface area contributed by atoms with Crippen molar-refractivity contribution in [1.29, 1.82) is 0 Å². The number of rotatable bonds is 3. The van der Waals surface area contributed by atoms with Gasteiger partial charge in [-0.1, -0.05) is 42.8 Å². The van der Waals surface area contributed by atoms with E-state index in [1.807, 2.05) is 51.9 Å². The number of carbonyl (C=O) groups is 2. The molecular weight excluding hydrogens is 418 g/mol. The van der Waals surface area contributed by atoms with E-state index in [0.29, 0.717) is 30.2 Å². The van der Waals surface area contributed by atoms with Gasteiger partial charge in [0.05, 0.1) is 15.5 Å². The molecule has 2 aromatic rings. The second kappa shape index (κ2) is 8.90. The second-order valence-electron chi connectivity index (χ2n) is 7.70. The Bertz CT molecular complexity index is 944. The van der Waals surface area contributed by atoms with Crippen LogP contribution in [0.1, 0.15) is 35.7 Å². The smallest absolute Gasteiger partial charge is 0.321 e. The van der Waals surface area contributed by atoms with Crippen LogP contribution in [-0.2, 0) is 6.42 Å². The number of urea groups is 1. The molecule has 0 radical (unpaired) electrons. The van der Waals surface area contributed by atoms with Gasteiger partial charge >= 0.3 is 6.03 Å². The van der Waals surface area contributed by atoms with E-state index in [4.69, 9.17) is 11.6 Å². The molecule has 1 N–H and O–H groups in total. The zero-order chi connectivity index (χ0) is 21.1. The second-order valence-corrected chi connectivity index (χ2v) is 9.57. The van der Waals surface area contributed by atoms with Gasteiger partial charge in [-0.15, -0.1) is 11.8 Å². The van der Waals surface area contributed by atoms with Crippen LogP contribution in [0.5, 0.6) is 0 Å². The Hall–Kier alpha value is -2.18. The normalized spacial score (nSPS) is 17.9. The van der Waals surface area contributed by atoms with Crippen LogP contribution in [0.25, 0.3) is 0 Å². The third-order valence-corrected chi connectivity index (χ3v) is 7.83. The first-order valence-electron chi connectivity index (χ1n) is 10.4. The van der Waals surface area contributed by atoms with Crippen LogP contribution in [0.3, 0.4) is 0 Å². The van der Waals surface area contributed by atoms with Gasteiger partial charge < -0.3 is 15.1 Å². The minimum atomic E-state index is -0.255. The lowest BCUT2D eigenvalue weighted by molar-refractivity contribution is 0.0586. The molecule has 2 aliphatic heterocycles. The van der Waals surface area contributed by atoms with Crippen LogP contribution in [-0.4, -0.2) is 52.0 Å². The highest BCUT2D eigenvalue weighted by Crippen LogP contribution is 2.45. The Balaban J connectivity index is 1.41. The summed E-state index contributed by atoms with van der Waals surface area (Å²) in [5.74, 6) is 0.895. The number of carbonyl (C=O) groups excluding carboxylic acids is 2. The number of piperidine rings is 1. The Morgan fingerprint density at radius 1 is 1.10 bits per heavy atom. The van der Waals surface area contributed by atoms with Gasteiger partial charge in [-0.2, -0.15) is 0 Å². The van der Waals surface area contributed by atoms with Crippen molar-refractivity contribution in [1.82, 2.24) is 9.80 Å². The maximum absolute atomic E-state index is 13.2. The minimum Gasteiger partial charge on any atom is -0.324 e. The predicted octanol–water partition coefficient (Wildman–Crippen LogP) is 5.12. The number of anilines is 1. The fourth-order valence-corrected chi connectivity index (χ4v) is 5.89. The molecule has 0 aromatic heterocycles. The Kier molecular flexibility index (Phi) is 6.25. The zero-order valence-electron chi connectivity index (χ0n) is 17.1. The summed E-state index contributed by atoms with van der Waals surface area (Å²) in [5.41, 5.74) is 2.57. The van der Waals surface area contributed by atoms with Crippen molar-refractivity contribution in [3.05, 3.63) is 64.7 Å². The largest absolute Gasteiger partial charge is 0.324 e. The molecule has 0 atom stereocenters. The monoisotopic (exact) mass is 443 g/mol. The standard InChI is InChI=1S/C23H26ClN3O2S/c1-2-17-6-5-7-18(16-17)25-22(29)26-12-10-23(11-13-26)27(14-15-30-23)21(28)19-8-3-4-9-20(19)24/h3-9,16H,2,10-15H2,1H3,(H,25,29). The molecule has 0 aliphatic carbocycles. The van der Waals surface area contributed by atoms with Crippen LogP contribution < -0.4 is 5.32 Å². The van der Waals surface area contributed by atoms with Crippen LogP contribution in [0.15, 0.2) is 48.5 Å². The molecule has 0 bridgehead atoms. The molecule has 2 heterocycles. The number of likely N-dealkylation sites (tertiary alicyclic amines) is 1. The topological polar surface area (TPSA) is 52.7 Å². The summed E-state index contributed by atoms with van der Waals surface area (Å²) in [6.45, 7) is 4.06. The third-order valence-electron chi connectivity index (χ3n) is 5.95. The van der Waals surface area contributed by atoms with Crippen molar-refractivity contribution in [2.75, 3.05) is 30.7 Å². The van der Waals surface area contributed by atoms with E-state index in [1.165, 1.54) is 5.56 Å². The summed E-state index contributed by atoms with van der Waals surface area (Å²) in [7, 11) is 0. The van der Waals surface area contributed by atoms with Crippen molar-refractivity contribution in [3.8, 4) is 0 Å². The van der Waals surface area contributed by atoms with E-state index in [9.17, 15) is 9.59 Å². The van der Waals surface area contributed by atoms with E-state index in [0.717, 1.165) is 30.7 Å². The maximum atomic E-state index is 13.2. The Labute approximate surface area is 186 Å². The predicted molar refractivity (Wildman–Crippen MR) is 123 cm³/mol. The molecule has 1 spiro atoms. The van der Waals surface area contributed by atoms with E-state index in [2.05, 4.69) is 18.3 Å². The number of hydrogen-bond acceptors (Lipinski definition) is 3. The average molecular weight is 444 g/mol. The molecule has 2 saturated heterocycles. The average Bonchev–Trinajstić information content (AvgIpc) is 3.17. The first kappa shape index (κ1) is 21.1. The summed E-state index contributed by atoms with van der Waals surface area (Å²) in [6, 6.07) is 15.1. The number of halogens is 1. The number of aryl methyl sites for hydroxylation is 1. The highest BCUT2D eigenvalue weighted by molar-refractivity contribution is 8.00. The molecule has 30 heavy (non-hydrogen) atoms. The van der Waals surface area contributed by atoms with E-state index >= 15 is 0 Å². The van der Waals surface area contributed by atoms with E-state index < -0.39 is 0 Å². The van der Waals surface area contributed by atoms with Crippen molar-refractivity contribution >= 4 is 41.0 Å². The number of nitrogens with zero attached hydrogens (tertiary/aromatic N) is 2. The van der Waals surface area contributed by atoms with E-state index in [1.54, 1.807) is 12.1 Å². The molecule has 7 heteroatoms. The lowest BCUT2D eigenvalue weighted by Gasteiger charge is -2.44. The molecule has 2 aliphatic rings. The van der Waals surface area contributed by atoms with Gasteiger partial charge in [0.15, 0.2) is 0 Å². The molecule has 2 fully saturated rings. The van der Waals surface area contributed by atoms with Gasteiger partial charge in [0.25, 0.3) is 5.91 Å². The van der Waals surface area contributed by atoms with Crippen molar-refractivity contribution in [2.24, 2.45) is 0 Å². The first-order chi connectivity index (χ1) is 14.5. The van der Waals surface area contributed by atoms with E-state index in [-0.39, 0.29) is 16.8 Å². The van der Waals surface area contributed by atoms with Crippen molar-refractivity contribution < 1.29 is 9.59 Å². The fourth-order valence-electron chi connectivity index (χ4n) is 4.22. The van der Waals surface area contributed by atoms with Gasteiger partial charge in [-0.05, 0) is 49.1 Å². The van der Waals surface area contributed by atoms with Gasteiger partial charge in [0.1, 0.15) is 0 Å².